The molecule has 4 N–H and O–H groups in total. The Labute approximate surface area is 302 Å². The number of carbonyl (C=O) groups excluding carboxylic acids is 4. The molecule has 0 aromatic heterocycles. The summed E-state index contributed by atoms with van der Waals surface area (Å²) in [7, 11) is 4.24. The number of hydrogen-bond acceptors (Lipinski definition) is 9. The summed E-state index contributed by atoms with van der Waals surface area (Å²) in [5.74, 6) is -1.54. The van der Waals surface area contributed by atoms with E-state index in [2.05, 4.69) is 55.0 Å². The van der Waals surface area contributed by atoms with Crippen LogP contribution in [0.4, 0.5) is 34.1 Å². The van der Waals surface area contributed by atoms with E-state index in [9.17, 15) is 19.2 Å². The van der Waals surface area contributed by atoms with Gasteiger partial charge >= 0.3 is 0 Å². The second-order valence-corrected chi connectivity index (χ2v) is 13.8. The molecule has 0 unspecified atom stereocenters. The highest BCUT2D eigenvalue weighted by atomic mass is 16.2. The van der Waals surface area contributed by atoms with E-state index in [0.717, 1.165) is 63.7 Å². The lowest BCUT2D eigenvalue weighted by Gasteiger charge is -2.34. The molecule has 3 amide bonds. The molecule has 0 radical (unpaired) electrons. The molecule has 4 aromatic carbocycles. The van der Waals surface area contributed by atoms with E-state index >= 15 is 0 Å². The lowest BCUT2D eigenvalue weighted by molar-refractivity contribution is -0.110. The van der Waals surface area contributed by atoms with Crippen molar-refractivity contribution in [2.75, 3.05) is 97.5 Å². The third-order valence-electron chi connectivity index (χ3n) is 10.3. The van der Waals surface area contributed by atoms with Crippen molar-refractivity contribution in [1.29, 1.82) is 0 Å². The van der Waals surface area contributed by atoms with Crippen molar-refractivity contribution in [3.63, 3.8) is 0 Å². The minimum Gasteiger partial charge on any atom is -0.369 e. The van der Waals surface area contributed by atoms with Crippen LogP contribution in [-0.4, -0.2) is 99.8 Å². The summed E-state index contributed by atoms with van der Waals surface area (Å²) in [4.78, 5) is 62.9. The first-order valence-corrected chi connectivity index (χ1v) is 17.6. The summed E-state index contributed by atoms with van der Waals surface area (Å²) in [6, 6.07) is 25.3. The van der Waals surface area contributed by atoms with Crippen LogP contribution in [-0.2, 0) is 4.79 Å². The fourth-order valence-corrected chi connectivity index (χ4v) is 7.09. The van der Waals surface area contributed by atoms with Crippen LogP contribution in [0.2, 0.25) is 0 Å². The van der Waals surface area contributed by atoms with Crippen molar-refractivity contribution >= 4 is 63.2 Å². The molecule has 12 nitrogen and oxygen atoms in total. The van der Waals surface area contributed by atoms with Gasteiger partial charge in [-0.2, -0.15) is 0 Å². The number of Topliss-reactive ketones (excluding diaryl/α,β-unsaturated/α-hetero) is 1. The van der Waals surface area contributed by atoms with Crippen LogP contribution >= 0.6 is 0 Å². The Bertz CT molecular complexity index is 2110. The molecular weight excluding hydrogens is 656 g/mol. The van der Waals surface area contributed by atoms with Gasteiger partial charge < -0.3 is 40.9 Å². The highest BCUT2D eigenvalue weighted by molar-refractivity contribution is 6.39. The van der Waals surface area contributed by atoms with Crippen LogP contribution in [0.1, 0.15) is 36.6 Å². The standard InChI is InChI=1S/C40H40N8O4/c1-45-15-19-47(20-16-45)29-9-5-27(6-10-29)41-38(50)25-3-13-33-31(23-25)35(40(52)44-33)36-37(49)32-24-26(4-14-34(32)43-36)39(51)42-28-7-11-30(12-8-28)48-21-17-46(2)18-22-48/h3-14,23-24,43H,15-22H2,1-2H3,(H,41,50)(H,42,51)(H,44,52)/b36-35-. The maximum atomic E-state index is 13.8. The number of anilines is 6. The van der Waals surface area contributed by atoms with Crippen LogP contribution in [0.5, 0.6) is 0 Å². The predicted octanol–water partition coefficient (Wildman–Crippen LogP) is 4.67. The fourth-order valence-electron chi connectivity index (χ4n) is 7.09. The lowest BCUT2D eigenvalue weighted by Crippen LogP contribution is -2.44. The number of hydrogen-bond donors (Lipinski definition) is 4. The Balaban J connectivity index is 0.963. The van der Waals surface area contributed by atoms with Gasteiger partial charge in [0.25, 0.3) is 17.7 Å². The molecule has 0 spiro atoms. The Morgan fingerprint density at radius 3 is 1.48 bits per heavy atom. The third-order valence-corrected chi connectivity index (χ3v) is 10.3. The van der Waals surface area contributed by atoms with Crippen LogP contribution in [0, 0.1) is 0 Å². The minimum absolute atomic E-state index is 0.0976. The van der Waals surface area contributed by atoms with E-state index in [1.54, 1.807) is 36.4 Å². The zero-order valence-electron chi connectivity index (χ0n) is 29.2. The van der Waals surface area contributed by atoms with Gasteiger partial charge in [0.15, 0.2) is 0 Å². The number of carbonyl (C=O) groups is 4. The summed E-state index contributed by atoms with van der Waals surface area (Å²) < 4.78 is 0. The van der Waals surface area contributed by atoms with Crippen LogP contribution in [0.15, 0.2) is 90.6 Å². The van der Waals surface area contributed by atoms with E-state index in [1.165, 1.54) is 0 Å². The van der Waals surface area contributed by atoms with Gasteiger partial charge in [-0.25, -0.2) is 0 Å². The number of amides is 3. The van der Waals surface area contributed by atoms with Crippen molar-refractivity contribution in [3.8, 4) is 0 Å². The molecule has 4 aliphatic rings. The molecule has 2 saturated heterocycles. The topological polar surface area (TPSA) is 129 Å². The first kappa shape index (κ1) is 33.2. The van der Waals surface area contributed by atoms with Crippen LogP contribution < -0.4 is 31.1 Å². The number of allylic oxidation sites excluding steroid dienone is 1. The van der Waals surface area contributed by atoms with Gasteiger partial charge in [-0.15, -0.1) is 0 Å². The van der Waals surface area contributed by atoms with Crippen LogP contribution in [0.25, 0.3) is 5.57 Å². The monoisotopic (exact) mass is 696 g/mol. The van der Waals surface area contributed by atoms with E-state index < -0.39 is 11.7 Å². The molecule has 0 saturated carbocycles. The lowest BCUT2D eigenvalue weighted by atomic mass is 9.99. The van der Waals surface area contributed by atoms with Gasteiger partial charge in [-0.1, -0.05) is 0 Å². The molecule has 12 heteroatoms. The Hall–Kier alpha value is -5.98. The minimum atomic E-state index is -0.450. The molecule has 0 atom stereocenters. The normalized spacial score (nSPS) is 18.8. The molecule has 4 heterocycles. The average Bonchev–Trinajstić information content (AvgIpc) is 3.66. The SMILES string of the molecule is CN1CCN(c2ccc(NC(=O)c3ccc4c(c3)C(=O)/C(=C3/C(=O)Nc5ccc(C(=O)Nc6ccc(N7CCN(C)CC7)cc6)cc53)N4)cc2)CC1. The number of ketones is 1. The van der Waals surface area contributed by atoms with Crippen molar-refractivity contribution in [1.82, 2.24) is 9.80 Å². The molecule has 264 valence electrons. The van der Waals surface area contributed by atoms with E-state index in [-0.39, 0.29) is 28.6 Å². The highest BCUT2D eigenvalue weighted by Crippen LogP contribution is 2.39. The number of fused-ring (bicyclic) bond motifs is 2. The van der Waals surface area contributed by atoms with E-state index in [1.807, 2.05) is 48.5 Å². The van der Waals surface area contributed by atoms with E-state index in [4.69, 9.17) is 0 Å². The van der Waals surface area contributed by atoms with Crippen molar-refractivity contribution in [2.24, 2.45) is 0 Å². The van der Waals surface area contributed by atoms with Gasteiger partial charge in [0, 0.05) is 109 Å². The van der Waals surface area contributed by atoms with Gasteiger partial charge in [0.1, 0.15) is 5.70 Å². The van der Waals surface area contributed by atoms with Gasteiger partial charge in [0.2, 0.25) is 5.78 Å². The van der Waals surface area contributed by atoms with Gasteiger partial charge in [-0.3, -0.25) is 19.2 Å². The van der Waals surface area contributed by atoms with Crippen LogP contribution in [0.3, 0.4) is 0 Å². The van der Waals surface area contributed by atoms with Crippen molar-refractivity contribution < 1.29 is 19.2 Å². The molecule has 0 bridgehead atoms. The molecule has 0 aliphatic carbocycles. The molecule has 8 rings (SSSR count). The molecule has 2 fully saturated rings. The fraction of sp³-hybridized carbons (Fsp3) is 0.250. The summed E-state index contributed by atoms with van der Waals surface area (Å²) in [5, 5.41) is 11.8. The number of likely N-dealkylation sites (N-methyl/N-ethyl adjacent to an activating group) is 2. The first-order valence-electron chi connectivity index (χ1n) is 17.6. The Morgan fingerprint density at radius 1 is 0.558 bits per heavy atom. The number of piperazine rings is 2. The highest BCUT2D eigenvalue weighted by Gasteiger charge is 2.36. The predicted molar refractivity (Wildman–Crippen MR) is 205 cm³/mol. The summed E-state index contributed by atoms with van der Waals surface area (Å²) >= 11 is 0. The summed E-state index contributed by atoms with van der Waals surface area (Å²) in [5.41, 5.74) is 6.16. The average molecular weight is 697 g/mol. The van der Waals surface area contributed by atoms with E-state index in [0.29, 0.717) is 39.4 Å². The maximum absolute atomic E-state index is 13.8. The van der Waals surface area contributed by atoms with Gasteiger partial charge in [0.05, 0.1) is 5.57 Å². The largest absolute Gasteiger partial charge is 0.369 e. The Morgan fingerprint density at radius 2 is 1.00 bits per heavy atom. The summed E-state index contributed by atoms with van der Waals surface area (Å²) in [6.45, 7) is 7.83. The number of rotatable bonds is 6. The number of nitrogens with one attached hydrogen (secondary N) is 4. The molecule has 4 aliphatic heterocycles. The summed E-state index contributed by atoms with van der Waals surface area (Å²) in [6.07, 6.45) is 0. The second kappa shape index (κ2) is 13.6. The zero-order valence-corrected chi connectivity index (χ0v) is 29.2. The first-order chi connectivity index (χ1) is 25.2. The zero-order chi connectivity index (χ0) is 35.9. The smallest absolute Gasteiger partial charge is 0.258 e. The van der Waals surface area contributed by atoms with Crippen molar-refractivity contribution in [2.45, 2.75) is 0 Å². The second-order valence-electron chi connectivity index (χ2n) is 13.8. The maximum Gasteiger partial charge on any atom is 0.258 e. The number of nitrogens with zero attached hydrogens (tertiary/aromatic N) is 4. The molecule has 52 heavy (non-hydrogen) atoms. The third kappa shape index (κ3) is 6.49. The molecule has 4 aromatic rings. The Kier molecular flexibility index (Phi) is 8.69. The quantitative estimate of drug-likeness (QED) is 0.213. The van der Waals surface area contributed by atoms with Gasteiger partial charge in [-0.05, 0) is 99.0 Å². The number of benzene rings is 4. The molecular formula is C40H40N8O4. The van der Waals surface area contributed by atoms with Crippen molar-refractivity contribution in [3.05, 3.63) is 113 Å².